The van der Waals surface area contributed by atoms with Crippen molar-refractivity contribution in [3.63, 3.8) is 0 Å². The van der Waals surface area contributed by atoms with Gasteiger partial charge in [-0.2, -0.15) is 0 Å². The third-order valence-electron chi connectivity index (χ3n) is 4.36. The Balaban J connectivity index is 1.84. The minimum Gasteiger partial charge on any atom is -0.479 e. The highest BCUT2D eigenvalue weighted by Gasteiger charge is 2.28. The Bertz CT molecular complexity index is 777. The minimum absolute atomic E-state index is 0.0985. The molecule has 24 heavy (non-hydrogen) atoms. The van der Waals surface area contributed by atoms with Gasteiger partial charge in [-0.05, 0) is 36.0 Å². The number of rotatable bonds is 4. The number of carbonyl (C=O) groups is 2. The van der Waals surface area contributed by atoms with Crippen LogP contribution < -0.4 is 15.4 Å². The molecule has 0 bridgehead atoms. The molecule has 0 saturated heterocycles. The van der Waals surface area contributed by atoms with E-state index in [-0.39, 0.29) is 29.5 Å². The average Bonchev–Trinajstić information content (AvgIpc) is 3.20. The zero-order chi connectivity index (χ0) is 17.3. The molecule has 1 aliphatic rings. The van der Waals surface area contributed by atoms with Gasteiger partial charge >= 0.3 is 0 Å². The van der Waals surface area contributed by atoms with Gasteiger partial charge in [-0.15, -0.1) is 0 Å². The summed E-state index contributed by atoms with van der Waals surface area (Å²) in [6.45, 7) is 0. The quantitative estimate of drug-likeness (QED) is 0.876. The summed E-state index contributed by atoms with van der Waals surface area (Å²) >= 11 is 0. The summed E-state index contributed by atoms with van der Waals surface area (Å²) in [5.41, 5.74) is 2.63. The smallest absolute Gasteiger partial charge is 0.290 e. The van der Waals surface area contributed by atoms with Crippen molar-refractivity contribution in [1.82, 2.24) is 20.4 Å². The molecule has 3 rings (SSSR count). The van der Waals surface area contributed by atoms with Crippen LogP contribution in [-0.4, -0.2) is 35.7 Å². The first kappa shape index (κ1) is 16.1. The molecule has 128 valence electrons. The van der Waals surface area contributed by atoms with Crippen LogP contribution in [0.2, 0.25) is 0 Å². The summed E-state index contributed by atoms with van der Waals surface area (Å²) in [6.07, 6.45) is 2.62. The maximum Gasteiger partial charge on any atom is 0.290 e. The van der Waals surface area contributed by atoms with Gasteiger partial charge in [0.25, 0.3) is 17.7 Å². The van der Waals surface area contributed by atoms with Crippen molar-refractivity contribution >= 4 is 11.8 Å². The third-order valence-corrected chi connectivity index (χ3v) is 4.36. The molecule has 2 heterocycles. The minimum atomic E-state index is -0.353. The number of ether oxygens (including phenoxy) is 1. The van der Waals surface area contributed by atoms with Gasteiger partial charge in [0.1, 0.15) is 5.69 Å². The number of amides is 2. The molecule has 1 atom stereocenters. The Morgan fingerprint density at radius 1 is 1.38 bits per heavy atom. The van der Waals surface area contributed by atoms with E-state index in [9.17, 15) is 9.59 Å². The topological polar surface area (TPSA) is 98.4 Å². The Morgan fingerprint density at radius 3 is 2.83 bits per heavy atom. The fraction of sp³-hybridized carbons (Fsp3) is 0.438. The number of carbonyl (C=O) groups excluding carboxylic acids is 2. The molecule has 2 aromatic heterocycles. The van der Waals surface area contributed by atoms with Crippen LogP contribution >= 0.6 is 0 Å². The average molecular weight is 332 g/mol. The summed E-state index contributed by atoms with van der Waals surface area (Å²) in [5.74, 6) is -0.140. The first-order chi connectivity index (χ1) is 11.5. The predicted molar refractivity (Wildman–Crippen MR) is 85.0 cm³/mol. The van der Waals surface area contributed by atoms with Crippen molar-refractivity contribution in [3.05, 3.63) is 34.8 Å². The highest BCUT2D eigenvalue weighted by atomic mass is 16.5. The van der Waals surface area contributed by atoms with Crippen molar-refractivity contribution in [1.29, 1.82) is 0 Å². The zero-order valence-electron chi connectivity index (χ0n) is 13.9. The lowest BCUT2D eigenvalue weighted by atomic mass is 9.92. The first-order valence-electron chi connectivity index (χ1n) is 7.77. The zero-order valence-corrected chi connectivity index (χ0v) is 13.9. The predicted octanol–water partition coefficient (Wildman–Crippen LogP) is 1.19. The first-order valence-corrected chi connectivity index (χ1v) is 7.77. The van der Waals surface area contributed by atoms with E-state index in [0.29, 0.717) is 5.69 Å². The molecule has 2 N–H and O–H groups in total. The van der Waals surface area contributed by atoms with Gasteiger partial charge < -0.3 is 24.5 Å². The van der Waals surface area contributed by atoms with E-state index >= 15 is 0 Å². The summed E-state index contributed by atoms with van der Waals surface area (Å²) in [4.78, 5) is 24.3. The van der Waals surface area contributed by atoms with Crippen LogP contribution in [0.3, 0.4) is 0 Å². The van der Waals surface area contributed by atoms with Crippen LogP contribution in [0.5, 0.6) is 5.88 Å². The molecule has 0 spiro atoms. The SMILES string of the molecule is CNC(=O)c1cc2c(n1C)CCCC2NC(=O)c1cc(OC)no1. The van der Waals surface area contributed by atoms with Gasteiger partial charge in [0, 0.05) is 19.8 Å². The molecular formula is C16H20N4O4. The molecule has 0 radical (unpaired) electrons. The Labute approximate surface area is 139 Å². The van der Waals surface area contributed by atoms with Crippen molar-refractivity contribution < 1.29 is 18.8 Å². The Morgan fingerprint density at radius 2 is 2.17 bits per heavy atom. The van der Waals surface area contributed by atoms with Crippen molar-refractivity contribution in [2.24, 2.45) is 7.05 Å². The molecule has 8 nitrogen and oxygen atoms in total. The van der Waals surface area contributed by atoms with E-state index in [1.165, 1.54) is 13.2 Å². The molecule has 1 aliphatic carbocycles. The van der Waals surface area contributed by atoms with Crippen LogP contribution in [0, 0.1) is 0 Å². The van der Waals surface area contributed by atoms with Gasteiger partial charge in [0.05, 0.1) is 19.2 Å². The number of methoxy groups -OCH3 is 1. The molecule has 2 aromatic rings. The highest BCUT2D eigenvalue weighted by molar-refractivity contribution is 5.94. The lowest BCUT2D eigenvalue weighted by Crippen LogP contribution is -2.30. The fourth-order valence-electron chi connectivity index (χ4n) is 3.10. The van der Waals surface area contributed by atoms with Gasteiger partial charge in [0.2, 0.25) is 5.76 Å². The van der Waals surface area contributed by atoms with Crippen LogP contribution in [0.25, 0.3) is 0 Å². The molecule has 2 amide bonds. The van der Waals surface area contributed by atoms with Crippen LogP contribution in [0.15, 0.2) is 16.7 Å². The van der Waals surface area contributed by atoms with Crippen LogP contribution in [-0.2, 0) is 13.5 Å². The largest absolute Gasteiger partial charge is 0.479 e. The maximum atomic E-state index is 12.3. The summed E-state index contributed by atoms with van der Waals surface area (Å²) in [6, 6.07) is 3.13. The van der Waals surface area contributed by atoms with Crippen molar-refractivity contribution in [2.75, 3.05) is 14.2 Å². The van der Waals surface area contributed by atoms with Crippen LogP contribution in [0.4, 0.5) is 0 Å². The molecule has 0 fully saturated rings. The van der Waals surface area contributed by atoms with E-state index in [1.807, 2.05) is 17.7 Å². The molecular weight excluding hydrogens is 312 g/mol. The van der Waals surface area contributed by atoms with Gasteiger partial charge in [-0.3, -0.25) is 9.59 Å². The fourth-order valence-corrected chi connectivity index (χ4v) is 3.10. The number of hydrogen-bond acceptors (Lipinski definition) is 5. The van der Waals surface area contributed by atoms with Gasteiger partial charge in [-0.1, -0.05) is 0 Å². The molecule has 0 aromatic carbocycles. The monoisotopic (exact) mass is 332 g/mol. The second kappa shape index (κ2) is 6.38. The Hall–Kier alpha value is -2.77. The molecule has 1 unspecified atom stereocenters. The van der Waals surface area contributed by atoms with Gasteiger partial charge in [-0.25, -0.2) is 0 Å². The maximum absolute atomic E-state index is 12.3. The molecule has 8 heteroatoms. The number of nitrogens with zero attached hydrogens (tertiary/aromatic N) is 2. The number of nitrogens with one attached hydrogen (secondary N) is 2. The highest BCUT2D eigenvalue weighted by Crippen LogP contribution is 2.32. The van der Waals surface area contributed by atoms with Crippen molar-refractivity contribution in [3.8, 4) is 5.88 Å². The van der Waals surface area contributed by atoms with E-state index in [1.54, 1.807) is 7.05 Å². The van der Waals surface area contributed by atoms with E-state index in [2.05, 4.69) is 15.8 Å². The molecule has 0 aliphatic heterocycles. The summed E-state index contributed by atoms with van der Waals surface area (Å²) in [7, 11) is 4.93. The Kier molecular flexibility index (Phi) is 4.28. The van der Waals surface area contributed by atoms with E-state index in [0.717, 1.165) is 30.5 Å². The van der Waals surface area contributed by atoms with E-state index < -0.39 is 0 Å². The number of aromatic nitrogens is 2. The summed E-state index contributed by atoms with van der Waals surface area (Å²) < 4.78 is 11.8. The van der Waals surface area contributed by atoms with Crippen molar-refractivity contribution in [2.45, 2.75) is 25.3 Å². The lowest BCUT2D eigenvalue weighted by molar-refractivity contribution is 0.0894. The normalized spacial score (nSPS) is 16.4. The standard InChI is InChI=1S/C16H20N4O4/c1-17-15(21)12-7-9-10(5-4-6-11(9)20(12)2)18-16(22)13-8-14(23-3)19-24-13/h7-8,10H,4-6H2,1-3H3,(H,17,21)(H,18,22). The summed E-state index contributed by atoms with van der Waals surface area (Å²) in [5, 5.41) is 9.22. The van der Waals surface area contributed by atoms with Crippen LogP contribution in [0.1, 0.15) is 51.2 Å². The van der Waals surface area contributed by atoms with E-state index in [4.69, 9.17) is 9.26 Å². The third kappa shape index (κ3) is 2.75. The number of fused-ring (bicyclic) bond motifs is 1. The molecule has 0 saturated carbocycles. The van der Waals surface area contributed by atoms with Gasteiger partial charge in [0.15, 0.2) is 0 Å². The number of hydrogen-bond donors (Lipinski definition) is 2. The second-order valence-corrected chi connectivity index (χ2v) is 5.72. The lowest BCUT2D eigenvalue weighted by Gasteiger charge is -2.24. The second-order valence-electron chi connectivity index (χ2n) is 5.72.